The normalized spacial score (nSPS) is 22.5. The first-order chi connectivity index (χ1) is 10.7. The summed E-state index contributed by atoms with van der Waals surface area (Å²) in [5.41, 5.74) is 2.13. The van der Waals surface area contributed by atoms with Crippen LogP contribution in [-0.2, 0) is 0 Å². The van der Waals surface area contributed by atoms with Gasteiger partial charge in [-0.25, -0.2) is 0 Å². The van der Waals surface area contributed by atoms with Crippen molar-refractivity contribution in [3.05, 3.63) is 76.9 Å². The van der Waals surface area contributed by atoms with Gasteiger partial charge in [-0.15, -0.1) is 0 Å². The van der Waals surface area contributed by atoms with E-state index in [1.54, 1.807) is 18.2 Å². The molecule has 0 spiro atoms. The quantitative estimate of drug-likeness (QED) is 0.605. The molecule has 3 rings (SSSR count). The van der Waals surface area contributed by atoms with Crippen LogP contribution in [0.15, 0.2) is 64.0 Å². The predicted octanol–water partition coefficient (Wildman–Crippen LogP) is 4.10. The summed E-state index contributed by atoms with van der Waals surface area (Å²) in [6, 6.07) is 0. The third-order valence-electron chi connectivity index (χ3n) is 4.03. The van der Waals surface area contributed by atoms with Gasteiger partial charge in [0.2, 0.25) is 5.43 Å². The molecule has 0 aromatic carbocycles. The van der Waals surface area contributed by atoms with Crippen molar-refractivity contribution in [1.82, 2.24) is 0 Å². The second-order valence-corrected chi connectivity index (χ2v) is 5.41. The van der Waals surface area contributed by atoms with Crippen LogP contribution in [0.5, 0.6) is 0 Å². The zero-order valence-electron chi connectivity index (χ0n) is 12.3. The predicted molar refractivity (Wildman–Crippen MR) is 91.5 cm³/mol. The molecular formula is C19H17NO2. The first-order valence-electron chi connectivity index (χ1n) is 7.18. The van der Waals surface area contributed by atoms with Crippen molar-refractivity contribution in [3.63, 3.8) is 0 Å². The van der Waals surface area contributed by atoms with E-state index in [0.717, 1.165) is 12.0 Å². The van der Waals surface area contributed by atoms with Gasteiger partial charge >= 0.3 is 0 Å². The molecule has 0 amide bonds. The van der Waals surface area contributed by atoms with Crippen molar-refractivity contribution in [3.8, 4) is 0 Å². The maximum absolute atomic E-state index is 12.9. The molecule has 22 heavy (non-hydrogen) atoms. The zero-order chi connectivity index (χ0) is 15.7. The summed E-state index contributed by atoms with van der Waals surface area (Å²) in [5, 5.41) is 0. The number of rotatable bonds is 5. The van der Waals surface area contributed by atoms with E-state index in [-0.39, 0.29) is 5.43 Å². The van der Waals surface area contributed by atoms with Crippen LogP contribution in [-0.4, -0.2) is 6.72 Å². The largest absolute Gasteiger partial charge is 0.463 e. The smallest absolute Gasteiger partial charge is 0.202 e. The van der Waals surface area contributed by atoms with E-state index in [1.807, 2.05) is 6.08 Å². The molecule has 1 aromatic rings. The highest BCUT2D eigenvalue weighted by Crippen LogP contribution is 2.46. The standard InChI is InChI=1S/C19H17NO2/c1-4-6-16(20-3)15-11-22-17(5-2)18(19(15)21)13-8-7-12-9-14(12)10-13/h4-8,10-12,14H,1-3,9H2/b16-6-. The minimum absolute atomic E-state index is 0.128. The fourth-order valence-electron chi connectivity index (χ4n) is 2.75. The number of allylic oxidation sites excluding steroid dienone is 6. The van der Waals surface area contributed by atoms with Crippen LogP contribution in [0.25, 0.3) is 17.3 Å². The second-order valence-electron chi connectivity index (χ2n) is 5.41. The molecule has 2 unspecified atom stereocenters. The van der Waals surface area contributed by atoms with Crippen LogP contribution in [0.1, 0.15) is 23.3 Å². The lowest BCUT2D eigenvalue weighted by Crippen LogP contribution is -2.15. The maximum Gasteiger partial charge on any atom is 0.202 e. The van der Waals surface area contributed by atoms with E-state index in [9.17, 15) is 4.79 Å². The molecule has 110 valence electrons. The fourth-order valence-corrected chi connectivity index (χ4v) is 2.75. The van der Waals surface area contributed by atoms with Gasteiger partial charge in [0.05, 0.1) is 16.8 Å². The highest BCUT2D eigenvalue weighted by atomic mass is 16.3. The van der Waals surface area contributed by atoms with E-state index < -0.39 is 0 Å². The zero-order valence-corrected chi connectivity index (χ0v) is 12.3. The molecular weight excluding hydrogens is 274 g/mol. The average Bonchev–Trinajstić information content (AvgIpc) is 3.31. The number of fused-ring (bicyclic) bond motifs is 1. The number of nitrogens with zero attached hydrogens (tertiary/aromatic N) is 1. The molecule has 0 aliphatic heterocycles. The van der Waals surface area contributed by atoms with E-state index >= 15 is 0 Å². The van der Waals surface area contributed by atoms with Crippen LogP contribution in [0.3, 0.4) is 0 Å². The summed E-state index contributed by atoms with van der Waals surface area (Å²) in [7, 11) is 0. The van der Waals surface area contributed by atoms with E-state index in [0.29, 0.717) is 34.4 Å². The van der Waals surface area contributed by atoms with Gasteiger partial charge in [-0.05, 0) is 42.7 Å². The highest BCUT2D eigenvalue weighted by molar-refractivity contribution is 5.82. The molecule has 0 radical (unpaired) electrons. The number of aliphatic imine (C=N–C) groups is 1. The topological polar surface area (TPSA) is 42.6 Å². The van der Waals surface area contributed by atoms with E-state index in [2.05, 4.69) is 37.0 Å². The third kappa shape index (κ3) is 2.35. The summed E-state index contributed by atoms with van der Waals surface area (Å²) >= 11 is 0. The van der Waals surface area contributed by atoms with Crippen LogP contribution in [0.4, 0.5) is 0 Å². The van der Waals surface area contributed by atoms with E-state index in [4.69, 9.17) is 4.42 Å². The summed E-state index contributed by atoms with van der Waals surface area (Å²) < 4.78 is 5.60. The molecule has 0 bridgehead atoms. The lowest BCUT2D eigenvalue weighted by molar-refractivity contribution is 0.534. The van der Waals surface area contributed by atoms with Crippen molar-refractivity contribution in [2.45, 2.75) is 6.42 Å². The van der Waals surface area contributed by atoms with Gasteiger partial charge < -0.3 is 4.42 Å². The van der Waals surface area contributed by atoms with Gasteiger partial charge in [-0.3, -0.25) is 9.79 Å². The molecule has 0 N–H and O–H groups in total. The van der Waals surface area contributed by atoms with Gasteiger partial charge in [-0.1, -0.05) is 37.5 Å². The first kappa shape index (κ1) is 14.3. The average molecular weight is 291 g/mol. The van der Waals surface area contributed by atoms with Gasteiger partial charge in [0.25, 0.3) is 0 Å². The molecule has 2 atom stereocenters. The summed E-state index contributed by atoms with van der Waals surface area (Å²) in [6.07, 6.45) is 13.6. The molecule has 3 heteroatoms. The van der Waals surface area contributed by atoms with Crippen LogP contribution >= 0.6 is 0 Å². The molecule has 1 aromatic heterocycles. The van der Waals surface area contributed by atoms with Crippen LogP contribution in [0.2, 0.25) is 0 Å². The Morgan fingerprint density at radius 2 is 2.18 bits per heavy atom. The molecule has 1 saturated carbocycles. The number of hydrogen-bond donors (Lipinski definition) is 0. The molecule has 0 saturated heterocycles. The van der Waals surface area contributed by atoms with Gasteiger partial charge in [0, 0.05) is 0 Å². The van der Waals surface area contributed by atoms with Crippen molar-refractivity contribution in [2.75, 3.05) is 0 Å². The van der Waals surface area contributed by atoms with Crippen LogP contribution < -0.4 is 5.43 Å². The van der Waals surface area contributed by atoms with Crippen molar-refractivity contribution in [1.29, 1.82) is 0 Å². The molecule has 3 nitrogen and oxygen atoms in total. The summed E-state index contributed by atoms with van der Waals surface area (Å²) in [5.74, 6) is 1.66. The highest BCUT2D eigenvalue weighted by Gasteiger charge is 2.35. The van der Waals surface area contributed by atoms with Crippen molar-refractivity contribution < 1.29 is 4.42 Å². The van der Waals surface area contributed by atoms with E-state index in [1.165, 1.54) is 6.26 Å². The Kier molecular flexibility index (Phi) is 3.63. The third-order valence-corrected chi connectivity index (χ3v) is 4.03. The SMILES string of the molecule is C=C/C=C(\N=C)c1coc(C=C)c(C2=CC3CC3C=C2)c1=O. The summed E-state index contributed by atoms with van der Waals surface area (Å²) in [6.45, 7) is 10.9. The Labute approximate surface area is 129 Å². The van der Waals surface area contributed by atoms with Gasteiger partial charge in [0.1, 0.15) is 12.0 Å². The minimum atomic E-state index is -0.128. The monoisotopic (exact) mass is 291 g/mol. The Bertz CT molecular complexity index is 805. The summed E-state index contributed by atoms with van der Waals surface area (Å²) in [4.78, 5) is 16.8. The Balaban J connectivity index is 2.20. The fraction of sp³-hybridized carbons (Fsp3) is 0.158. The molecule has 1 heterocycles. The van der Waals surface area contributed by atoms with Crippen LogP contribution in [0, 0.1) is 11.8 Å². The molecule has 2 aliphatic carbocycles. The molecule has 1 fully saturated rings. The van der Waals surface area contributed by atoms with Crippen molar-refractivity contribution in [2.24, 2.45) is 16.8 Å². The maximum atomic E-state index is 12.9. The molecule has 2 aliphatic rings. The van der Waals surface area contributed by atoms with Gasteiger partial charge in [-0.2, -0.15) is 0 Å². The lowest BCUT2D eigenvalue weighted by atomic mass is 9.96. The Hall–Kier alpha value is -2.68. The lowest BCUT2D eigenvalue weighted by Gasteiger charge is -2.10. The minimum Gasteiger partial charge on any atom is -0.463 e. The van der Waals surface area contributed by atoms with Gasteiger partial charge in [0.15, 0.2) is 0 Å². The number of hydrogen-bond acceptors (Lipinski definition) is 3. The second kappa shape index (κ2) is 5.60. The Morgan fingerprint density at radius 1 is 1.36 bits per heavy atom. The Morgan fingerprint density at radius 3 is 2.82 bits per heavy atom. The first-order valence-corrected chi connectivity index (χ1v) is 7.18. The van der Waals surface area contributed by atoms with Crippen molar-refractivity contribution >= 4 is 24.1 Å².